The van der Waals surface area contributed by atoms with Crippen LogP contribution in [0.3, 0.4) is 0 Å². The van der Waals surface area contributed by atoms with E-state index < -0.39 is 0 Å². The van der Waals surface area contributed by atoms with Crippen LogP contribution in [0.4, 0.5) is 0 Å². The Bertz CT molecular complexity index is 751. The first-order valence-corrected chi connectivity index (χ1v) is 6.96. The molecule has 0 fully saturated rings. The lowest BCUT2D eigenvalue weighted by Crippen LogP contribution is -2.08. The summed E-state index contributed by atoms with van der Waals surface area (Å²) in [5.74, 6) is 1.66. The first kappa shape index (κ1) is 13.6. The first-order chi connectivity index (χ1) is 10.3. The SMILES string of the molecule is Cn1ncnc1COc1ccc2ccccc2c1CCN. The largest absolute Gasteiger partial charge is 0.485 e. The van der Waals surface area contributed by atoms with Crippen LogP contribution in [0.15, 0.2) is 42.7 Å². The highest BCUT2D eigenvalue weighted by atomic mass is 16.5. The lowest BCUT2D eigenvalue weighted by Gasteiger charge is -2.13. The summed E-state index contributed by atoms with van der Waals surface area (Å²) >= 11 is 0. The van der Waals surface area contributed by atoms with E-state index in [0.717, 1.165) is 23.6 Å². The summed E-state index contributed by atoms with van der Waals surface area (Å²) in [6.07, 6.45) is 2.31. The van der Waals surface area contributed by atoms with E-state index in [4.69, 9.17) is 10.5 Å². The van der Waals surface area contributed by atoms with Crippen LogP contribution in [-0.2, 0) is 20.1 Å². The molecule has 0 aliphatic heterocycles. The highest BCUT2D eigenvalue weighted by Gasteiger charge is 2.09. The molecule has 5 nitrogen and oxygen atoms in total. The first-order valence-electron chi connectivity index (χ1n) is 6.96. The Balaban J connectivity index is 1.93. The van der Waals surface area contributed by atoms with Crippen LogP contribution < -0.4 is 10.5 Å². The van der Waals surface area contributed by atoms with E-state index in [0.29, 0.717) is 13.2 Å². The summed E-state index contributed by atoms with van der Waals surface area (Å²) in [6.45, 7) is 0.987. The molecule has 0 radical (unpaired) electrons. The molecule has 0 saturated carbocycles. The number of hydrogen-bond donors (Lipinski definition) is 1. The van der Waals surface area contributed by atoms with Crippen LogP contribution in [0.5, 0.6) is 5.75 Å². The lowest BCUT2D eigenvalue weighted by atomic mass is 10.0. The van der Waals surface area contributed by atoms with Crippen molar-refractivity contribution in [3.05, 3.63) is 54.1 Å². The van der Waals surface area contributed by atoms with Gasteiger partial charge in [-0.1, -0.05) is 30.3 Å². The summed E-state index contributed by atoms with van der Waals surface area (Å²) in [4.78, 5) is 4.17. The van der Waals surface area contributed by atoms with E-state index in [1.807, 2.05) is 25.2 Å². The number of aromatic nitrogens is 3. The average Bonchev–Trinajstić information content (AvgIpc) is 2.92. The van der Waals surface area contributed by atoms with Gasteiger partial charge in [0, 0.05) is 12.6 Å². The summed E-state index contributed by atoms with van der Waals surface area (Å²) in [5, 5.41) is 6.44. The second kappa shape index (κ2) is 5.93. The van der Waals surface area contributed by atoms with Crippen molar-refractivity contribution < 1.29 is 4.74 Å². The maximum atomic E-state index is 5.94. The van der Waals surface area contributed by atoms with Gasteiger partial charge >= 0.3 is 0 Å². The van der Waals surface area contributed by atoms with Gasteiger partial charge in [0.05, 0.1) is 0 Å². The maximum absolute atomic E-state index is 5.94. The molecule has 0 atom stereocenters. The van der Waals surface area contributed by atoms with Crippen molar-refractivity contribution >= 4 is 10.8 Å². The van der Waals surface area contributed by atoms with Gasteiger partial charge in [-0.15, -0.1) is 0 Å². The van der Waals surface area contributed by atoms with E-state index in [9.17, 15) is 0 Å². The number of benzene rings is 2. The lowest BCUT2D eigenvalue weighted by molar-refractivity contribution is 0.287. The summed E-state index contributed by atoms with van der Waals surface area (Å²) in [5.41, 5.74) is 6.90. The Morgan fingerprint density at radius 3 is 2.81 bits per heavy atom. The fourth-order valence-corrected chi connectivity index (χ4v) is 2.45. The zero-order valence-electron chi connectivity index (χ0n) is 12.0. The third-order valence-corrected chi connectivity index (χ3v) is 3.55. The smallest absolute Gasteiger partial charge is 0.164 e. The van der Waals surface area contributed by atoms with Gasteiger partial charge in [-0.3, -0.25) is 4.68 Å². The molecule has 1 heterocycles. The highest BCUT2D eigenvalue weighted by molar-refractivity contribution is 5.87. The van der Waals surface area contributed by atoms with Gasteiger partial charge in [0.2, 0.25) is 0 Å². The Kier molecular flexibility index (Phi) is 3.83. The van der Waals surface area contributed by atoms with Crippen molar-refractivity contribution in [3.8, 4) is 5.75 Å². The number of nitrogens with two attached hydrogens (primary N) is 1. The predicted octanol–water partition coefficient (Wildman–Crippen LogP) is 2.05. The van der Waals surface area contributed by atoms with Gasteiger partial charge in [0.1, 0.15) is 18.7 Å². The Morgan fingerprint density at radius 1 is 1.19 bits per heavy atom. The molecule has 0 bridgehead atoms. The Morgan fingerprint density at radius 2 is 2.05 bits per heavy atom. The Hall–Kier alpha value is -2.40. The number of ether oxygens (including phenoxy) is 1. The summed E-state index contributed by atoms with van der Waals surface area (Å²) < 4.78 is 7.66. The molecular weight excluding hydrogens is 264 g/mol. The molecule has 2 N–H and O–H groups in total. The molecule has 0 aliphatic rings. The zero-order valence-corrected chi connectivity index (χ0v) is 12.0. The molecule has 108 valence electrons. The van der Waals surface area contributed by atoms with Gasteiger partial charge < -0.3 is 10.5 Å². The van der Waals surface area contributed by atoms with Gasteiger partial charge in [-0.25, -0.2) is 4.98 Å². The van der Waals surface area contributed by atoms with E-state index in [1.54, 1.807) is 4.68 Å². The predicted molar refractivity (Wildman–Crippen MR) is 82.0 cm³/mol. The molecule has 3 aromatic rings. The molecule has 5 heteroatoms. The fraction of sp³-hybridized carbons (Fsp3) is 0.250. The average molecular weight is 282 g/mol. The molecule has 0 amide bonds. The molecule has 0 unspecified atom stereocenters. The third kappa shape index (κ3) is 2.73. The fourth-order valence-electron chi connectivity index (χ4n) is 2.45. The van der Waals surface area contributed by atoms with Crippen molar-refractivity contribution in [1.82, 2.24) is 14.8 Å². The molecular formula is C16H18N4O. The van der Waals surface area contributed by atoms with Crippen LogP contribution in [-0.4, -0.2) is 21.3 Å². The highest BCUT2D eigenvalue weighted by Crippen LogP contribution is 2.28. The molecule has 1 aromatic heterocycles. The van der Waals surface area contributed by atoms with Crippen molar-refractivity contribution in [2.24, 2.45) is 12.8 Å². The summed E-state index contributed by atoms with van der Waals surface area (Å²) in [7, 11) is 1.85. The van der Waals surface area contributed by atoms with Crippen LogP contribution in [0, 0.1) is 0 Å². The number of aryl methyl sites for hydroxylation is 1. The van der Waals surface area contributed by atoms with Crippen LogP contribution in [0.1, 0.15) is 11.4 Å². The van der Waals surface area contributed by atoms with Crippen LogP contribution >= 0.6 is 0 Å². The zero-order chi connectivity index (χ0) is 14.7. The Labute approximate surface area is 123 Å². The van der Waals surface area contributed by atoms with Crippen molar-refractivity contribution in [1.29, 1.82) is 0 Å². The molecule has 0 saturated heterocycles. The standard InChI is InChI=1S/C16H18N4O/c1-20-16(18-11-19-20)10-21-15-7-6-12-4-2-3-5-13(12)14(15)8-9-17/h2-7,11H,8-10,17H2,1H3. The van der Waals surface area contributed by atoms with E-state index in [1.165, 1.54) is 17.1 Å². The summed E-state index contributed by atoms with van der Waals surface area (Å²) in [6, 6.07) is 12.4. The van der Waals surface area contributed by atoms with E-state index >= 15 is 0 Å². The maximum Gasteiger partial charge on any atom is 0.164 e. The third-order valence-electron chi connectivity index (χ3n) is 3.55. The van der Waals surface area contributed by atoms with Gasteiger partial charge in [-0.05, 0) is 29.8 Å². The van der Waals surface area contributed by atoms with Gasteiger partial charge in [0.15, 0.2) is 5.82 Å². The molecule has 0 spiro atoms. The van der Waals surface area contributed by atoms with Gasteiger partial charge in [-0.2, -0.15) is 5.10 Å². The number of rotatable bonds is 5. The van der Waals surface area contributed by atoms with Crippen molar-refractivity contribution in [2.45, 2.75) is 13.0 Å². The topological polar surface area (TPSA) is 66.0 Å². The second-order valence-corrected chi connectivity index (χ2v) is 4.89. The van der Waals surface area contributed by atoms with Crippen LogP contribution in [0.2, 0.25) is 0 Å². The molecule has 3 rings (SSSR count). The monoisotopic (exact) mass is 282 g/mol. The van der Waals surface area contributed by atoms with Crippen molar-refractivity contribution in [2.75, 3.05) is 6.54 Å². The number of fused-ring (bicyclic) bond motifs is 1. The molecule has 0 aliphatic carbocycles. The minimum atomic E-state index is 0.395. The van der Waals surface area contributed by atoms with Crippen LogP contribution in [0.25, 0.3) is 10.8 Å². The van der Waals surface area contributed by atoms with Gasteiger partial charge in [0.25, 0.3) is 0 Å². The van der Waals surface area contributed by atoms with Crippen molar-refractivity contribution in [3.63, 3.8) is 0 Å². The minimum absolute atomic E-state index is 0.395. The van der Waals surface area contributed by atoms with E-state index in [2.05, 4.69) is 28.3 Å². The molecule has 2 aromatic carbocycles. The quantitative estimate of drug-likeness (QED) is 0.777. The number of hydrogen-bond acceptors (Lipinski definition) is 4. The second-order valence-electron chi connectivity index (χ2n) is 4.89. The molecule has 21 heavy (non-hydrogen) atoms. The number of nitrogens with zero attached hydrogens (tertiary/aromatic N) is 3. The normalized spacial score (nSPS) is 11.0. The minimum Gasteiger partial charge on any atom is -0.485 e. The van der Waals surface area contributed by atoms with E-state index in [-0.39, 0.29) is 0 Å².